The first-order valence-electron chi connectivity index (χ1n) is 10.9. The normalized spacial score (nSPS) is 20.1. The summed E-state index contributed by atoms with van der Waals surface area (Å²) in [6, 6.07) is 9.42. The minimum Gasteiger partial charge on any atom is -0.495 e. The van der Waals surface area contributed by atoms with Crippen LogP contribution in [0.4, 0.5) is 21.6 Å². The van der Waals surface area contributed by atoms with E-state index >= 15 is 0 Å². The maximum Gasteiger partial charge on any atom is 0.144 e. The van der Waals surface area contributed by atoms with Crippen LogP contribution in [0.2, 0.25) is 5.02 Å². The molecule has 0 saturated carbocycles. The lowest BCUT2D eigenvalue weighted by Crippen LogP contribution is -2.63. The van der Waals surface area contributed by atoms with E-state index in [0.717, 1.165) is 36.3 Å². The molecular formula is C24H25ClFN5O2. The Bertz CT molecular complexity index is 1180. The Morgan fingerprint density at radius 1 is 1.21 bits per heavy atom. The number of methoxy groups -OCH3 is 1. The minimum atomic E-state index is -0.468. The Morgan fingerprint density at radius 3 is 2.82 bits per heavy atom. The molecule has 2 atom stereocenters. The fourth-order valence-corrected chi connectivity index (χ4v) is 4.54. The molecule has 2 bridgehead atoms. The summed E-state index contributed by atoms with van der Waals surface area (Å²) in [6.45, 7) is 3.29. The standard InChI is InChI=1S/C24H25ClFN5O2/c1-32-23-11-21-18(24(29-14-28-21)30-15-4-5-20(26)19(25)8-15)10-22(23)27-6-2-3-7-31-16-9-17(31)13-33-12-16/h2-5,8,10-11,14,16-17,27H,6-7,9,12-13H2,1H3,(H,28,29,30)/b3-2+. The van der Waals surface area contributed by atoms with Crippen molar-refractivity contribution >= 4 is 39.7 Å². The maximum atomic E-state index is 13.5. The summed E-state index contributed by atoms with van der Waals surface area (Å²) >= 11 is 5.92. The van der Waals surface area contributed by atoms with Gasteiger partial charge in [0.2, 0.25) is 0 Å². The molecule has 3 heterocycles. The van der Waals surface area contributed by atoms with E-state index in [1.165, 1.54) is 24.9 Å². The zero-order valence-electron chi connectivity index (χ0n) is 18.2. The van der Waals surface area contributed by atoms with E-state index in [4.69, 9.17) is 21.1 Å². The molecule has 7 nitrogen and oxygen atoms in total. The van der Waals surface area contributed by atoms with Gasteiger partial charge in [0.05, 0.1) is 36.6 Å². The van der Waals surface area contributed by atoms with E-state index in [1.54, 1.807) is 13.2 Å². The van der Waals surface area contributed by atoms with Crippen LogP contribution in [0.5, 0.6) is 5.75 Å². The molecule has 0 aliphatic carbocycles. The molecule has 172 valence electrons. The molecule has 1 aromatic heterocycles. The van der Waals surface area contributed by atoms with Crippen molar-refractivity contribution in [1.29, 1.82) is 0 Å². The van der Waals surface area contributed by atoms with Crippen LogP contribution in [0, 0.1) is 5.82 Å². The third kappa shape index (κ3) is 4.59. The van der Waals surface area contributed by atoms with Crippen molar-refractivity contribution in [1.82, 2.24) is 14.9 Å². The van der Waals surface area contributed by atoms with Gasteiger partial charge in [0, 0.05) is 42.3 Å². The Balaban J connectivity index is 1.30. The predicted octanol–water partition coefficient (Wildman–Crippen LogP) is 4.62. The number of morpholine rings is 1. The molecule has 0 spiro atoms. The number of nitrogens with one attached hydrogen (secondary N) is 2. The first-order valence-corrected chi connectivity index (χ1v) is 11.3. The van der Waals surface area contributed by atoms with Gasteiger partial charge in [-0.2, -0.15) is 0 Å². The Hall–Kier alpha value is -2.94. The summed E-state index contributed by atoms with van der Waals surface area (Å²) < 4.78 is 24.6. The fourth-order valence-electron chi connectivity index (χ4n) is 4.36. The summed E-state index contributed by atoms with van der Waals surface area (Å²) in [5.74, 6) is 0.819. The van der Waals surface area contributed by atoms with Crippen LogP contribution in [0.25, 0.3) is 10.9 Å². The van der Waals surface area contributed by atoms with Gasteiger partial charge in [0.25, 0.3) is 0 Å². The number of aromatic nitrogens is 2. The van der Waals surface area contributed by atoms with Gasteiger partial charge < -0.3 is 20.1 Å². The molecule has 2 aromatic carbocycles. The Kier molecular flexibility index (Phi) is 6.30. The van der Waals surface area contributed by atoms with Crippen molar-refractivity contribution in [3.63, 3.8) is 0 Å². The summed E-state index contributed by atoms with van der Waals surface area (Å²) in [5, 5.41) is 7.46. The highest BCUT2D eigenvalue weighted by molar-refractivity contribution is 6.31. The van der Waals surface area contributed by atoms with Gasteiger partial charge in [-0.25, -0.2) is 14.4 Å². The highest BCUT2D eigenvalue weighted by Gasteiger charge is 2.41. The quantitative estimate of drug-likeness (QED) is 0.466. The molecule has 2 fully saturated rings. The van der Waals surface area contributed by atoms with E-state index in [0.29, 0.717) is 35.9 Å². The van der Waals surface area contributed by atoms with Crippen molar-refractivity contribution in [3.05, 3.63) is 59.7 Å². The molecule has 0 radical (unpaired) electrons. The highest BCUT2D eigenvalue weighted by Crippen LogP contribution is 2.34. The summed E-state index contributed by atoms with van der Waals surface area (Å²) in [4.78, 5) is 11.2. The molecule has 5 rings (SSSR count). The number of rotatable bonds is 8. The van der Waals surface area contributed by atoms with Crippen LogP contribution < -0.4 is 15.4 Å². The summed E-state index contributed by atoms with van der Waals surface area (Å²) in [5.41, 5.74) is 2.19. The van der Waals surface area contributed by atoms with Crippen LogP contribution in [-0.4, -0.2) is 60.4 Å². The predicted molar refractivity (Wildman–Crippen MR) is 128 cm³/mol. The van der Waals surface area contributed by atoms with Gasteiger partial charge in [-0.3, -0.25) is 4.90 Å². The van der Waals surface area contributed by atoms with Gasteiger partial charge in [-0.15, -0.1) is 0 Å². The van der Waals surface area contributed by atoms with Gasteiger partial charge in [-0.05, 0) is 30.7 Å². The lowest BCUT2D eigenvalue weighted by atomic mass is 9.91. The average Bonchev–Trinajstić information content (AvgIpc) is 2.83. The SMILES string of the molecule is COc1cc2ncnc(Nc3ccc(F)c(Cl)c3)c2cc1NC/C=C/CN1C2COCC1C2. The molecule has 2 unspecified atom stereocenters. The lowest BCUT2D eigenvalue weighted by molar-refractivity contribution is -0.121. The second-order valence-electron chi connectivity index (χ2n) is 8.18. The molecule has 33 heavy (non-hydrogen) atoms. The largest absolute Gasteiger partial charge is 0.495 e. The number of benzene rings is 2. The minimum absolute atomic E-state index is 0.0450. The monoisotopic (exact) mass is 469 g/mol. The lowest BCUT2D eigenvalue weighted by Gasteiger charge is -2.52. The van der Waals surface area contributed by atoms with E-state index in [1.807, 2.05) is 12.1 Å². The molecule has 2 aliphatic heterocycles. The van der Waals surface area contributed by atoms with E-state index in [-0.39, 0.29) is 5.02 Å². The fraction of sp³-hybridized carbons (Fsp3) is 0.333. The zero-order chi connectivity index (χ0) is 22.8. The molecule has 0 amide bonds. The van der Waals surface area contributed by atoms with Crippen LogP contribution >= 0.6 is 11.6 Å². The van der Waals surface area contributed by atoms with E-state index < -0.39 is 5.82 Å². The molecular weight excluding hydrogens is 445 g/mol. The number of anilines is 3. The van der Waals surface area contributed by atoms with Crippen molar-refractivity contribution in [3.8, 4) is 5.75 Å². The third-order valence-electron chi connectivity index (χ3n) is 6.13. The van der Waals surface area contributed by atoms with Gasteiger partial charge in [0.15, 0.2) is 0 Å². The van der Waals surface area contributed by atoms with Crippen LogP contribution in [-0.2, 0) is 4.74 Å². The number of halogens is 2. The number of fused-ring (bicyclic) bond motifs is 3. The molecule has 2 N–H and O–H groups in total. The summed E-state index contributed by atoms with van der Waals surface area (Å²) in [6.07, 6.45) is 7.04. The van der Waals surface area contributed by atoms with Gasteiger partial charge in [-0.1, -0.05) is 23.8 Å². The van der Waals surface area contributed by atoms with Crippen LogP contribution in [0.15, 0.2) is 48.8 Å². The molecule has 3 aromatic rings. The second-order valence-corrected chi connectivity index (χ2v) is 8.58. The van der Waals surface area contributed by atoms with Crippen molar-refractivity contribution in [2.75, 3.05) is 44.0 Å². The number of hydrogen-bond acceptors (Lipinski definition) is 7. The second kappa shape index (κ2) is 9.51. The van der Waals surface area contributed by atoms with Crippen LogP contribution in [0.1, 0.15) is 6.42 Å². The molecule has 2 saturated heterocycles. The Morgan fingerprint density at radius 2 is 2.06 bits per heavy atom. The maximum absolute atomic E-state index is 13.5. The topological polar surface area (TPSA) is 71.5 Å². The number of hydrogen-bond donors (Lipinski definition) is 2. The highest BCUT2D eigenvalue weighted by atomic mass is 35.5. The Labute approximate surface area is 196 Å². The zero-order valence-corrected chi connectivity index (χ0v) is 19.0. The van der Waals surface area contributed by atoms with Gasteiger partial charge in [0.1, 0.15) is 23.7 Å². The third-order valence-corrected chi connectivity index (χ3v) is 6.42. The van der Waals surface area contributed by atoms with E-state index in [2.05, 4.69) is 37.7 Å². The first-order chi connectivity index (χ1) is 16.1. The average molecular weight is 470 g/mol. The molecule has 9 heteroatoms. The van der Waals surface area contributed by atoms with Crippen molar-refractivity contribution < 1.29 is 13.9 Å². The van der Waals surface area contributed by atoms with E-state index in [9.17, 15) is 4.39 Å². The van der Waals surface area contributed by atoms with Gasteiger partial charge >= 0.3 is 0 Å². The number of ether oxygens (including phenoxy) is 2. The number of nitrogens with zero attached hydrogens (tertiary/aromatic N) is 3. The first kappa shape index (κ1) is 21.9. The van der Waals surface area contributed by atoms with Crippen molar-refractivity contribution in [2.45, 2.75) is 18.5 Å². The summed E-state index contributed by atoms with van der Waals surface area (Å²) in [7, 11) is 1.63. The molecule has 2 aliphatic rings. The smallest absolute Gasteiger partial charge is 0.144 e. The van der Waals surface area contributed by atoms with Crippen molar-refractivity contribution in [2.24, 2.45) is 0 Å². The van der Waals surface area contributed by atoms with Crippen LogP contribution in [0.3, 0.4) is 0 Å².